The van der Waals surface area contributed by atoms with Crippen LogP contribution in [0.2, 0.25) is 0 Å². The SMILES string of the molecule is N#CC(Nc1c(-c2cccs2)nc2ccc(-c3ccccc3)cn12)c1cccs1. The molecule has 1 atom stereocenters. The van der Waals surface area contributed by atoms with Crippen molar-refractivity contribution in [2.75, 3.05) is 5.32 Å². The standard InChI is InChI=1S/C23H16N4S2/c24-14-18(19-8-4-12-28-19)25-23-22(20-9-5-13-29-20)26-21-11-10-17(15-27(21)23)16-6-2-1-3-7-16/h1-13,15,18,25H. The van der Waals surface area contributed by atoms with Gasteiger partial charge < -0.3 is 5.32 Å². The number of nitrogens with one attached hydrogen (secondary N) is 1. The molecule has 5 aromatic rings. The maximum absolute atomic E-state index is 9.79. The summed E-state index contributed by atoms with van der Waals surface area (Å²) < 4.78 is 2.05. The van der Waals surface area contributed by atoms with E-state index in [0.717, 1.165) is 38.0 Å². The molecule has 1 N–H and O–H groups in total. The topological polar surface area (TPSA) is 53.1 Å². The van der Waals surface area contributed by atoms with Crippen LogP contribution in [-0.4, -0.2) is 9.38 Å². The van der Waals surface area contributed by atoms with Crippen LogP contribution in [0.25, 0.3) is 27.3 Å². The third kappa shape index (κ3) is 3.31. The van der Waals surface area contributed by atoms with Crippen molar-refractivity contribution in [3.8, 4) is 27.8 Å². The van der Waals surface area contributed by atoms with Crippen LogP contribution in [0.15, 0.2) is 83.7 Å². The monoisotopic (exact) mass is 412 g/mol. The molecule has 4 aromatic heterocycles. The van der Waals surface area contributed by atoms with E-state index in [1.54, 1.807) is 22.7 Å². The van der Waals surface area contributed by atoms with Crippen LogP contribution in [0.4, 0.5) is 5.82 Å². The summed E-state index contributed by atoms with van der Waals surface area (Å²) in [6.07, 6.45) is 2.08. The van der Waals surface area contributed by atoms with Gasteiger partial charge in [0.1, 0.15) is 17.2 Å². The van der Waals surface area contributed by atoms with E-state index in [4.69, 9.17) is 4.98 Å². The average Bonchev–Trinajstić information content (AvgIpc) is 3.53. The minimum absolute atomic E-state index is 0.436. The molecule has 6 heteroatoms. The van der Waals surface area contributed by atoms with Crippen molar-refractivity contribution in [2.24, 2.45) is 0 Å². The lowest BCUT2D eigenvalue weighted by Gasteiger charge is -2.13. The van der Waals surface area contributed by atoms with Crippen LogP contribution in [0.3, 0.4) is 0 Å². The first-order chi connectivity index (χ1) is 14.3. The summed E-state index contributed by atoms with van der Waals surface area (Å²) >= 11 is 3.22. The zero-order chi connectivity index (χ0) is 19.6. The zero-order valence-corrected chi connectivity index (χ0v) is 17.0. The molecule has 140 valence electrons. The van der Waals surface area contributed by atoms with Crippen LogP contribution in [-0.2, 0) is 0 Å². The number of nitrogens with zero attached hydrogens (tertiary/aromatic N) is 3. The van der Waals surface area contributed by atoms with Gasteiger partial charge in [-0.25, -0.2) is 4.98 Å². The van der Waals surface area contributed by atoms with E-state index < -0.39 is 6.04 Å². The fourth-order valence-electron chi connectivity index (χ4n) is 3.33. The Hall–Kier alpha value is -3.40. The van der Waals surface area contributed by atoms with Crippen molar-refractivity contribution < 1.29 is 0 Å². The van der Waals surface area contributed by atoms with Gasteiger partial charge in [0.25, 0.3) is 0 Å². The molecular formula is C23H16N4S2. The normalized spacial score (nSPS) is 12.0. The van der Waals surface area contributed by atoms with E-state index in [0.29, 0.717) is 0 Å². The minimum Gasteiger partial charge on any atom is -0.349 e. The first-order valence-electron chi connectivity index (χ1n) is 9.14. The predicted molar refractivity (Wildman–Crippen MR) is 120 cm³/mol. The number of anilines is 1. The molecule has 1 unspecified atom stereocenters. The highest BCUT2D eigenvalue weighted by Gasteiger charge is 2.20. The Balaban J connectivity index is 1.68. The van der Waals surface area contributed by atoms with Gasteiger partial charge in [0.05, 0.1) is 10.9 Å². The van der Waals surface area contributed by atoms with E-state index in [9.17, 15) is 5.26 Å². The summed E-state index contributed by atoms with van der Waals surface area (Å²) in [4.78, 5) is 6.92. The van der Waals surface area contributed by atoms with Crippen LogP contribution in [0.1, 0.15) is 10.9 Å². The van der Waals surface area contributed by atoms with Crippen LogP contribution in [0.5, 0.6) is 0 Å². The van der Waals surface area contributed by atoms with E-state index in [2.05, 4.69) is 46.2 Å². The van der Waals surface area contributed by atoms with Crippen molar-refractivity contribution in [3.05, 3.63) is 88.6 Å². The first-order valence-corrected chi connectivity index (χ1v) is 10.9. The average molecular weight is 413 g/mol. The van der Waals surface area contributed by atoms with Crippen molar-refractivity contribution in [3.63, 3.8) is 0 Å². The molecule has 0 amide bonds. The Morgan fingerprint density at radius 1 is 0.897 bits per heavy atom. The molecule has 29 heavy (non-hydrogen) atoms. The van der Waals surface area contributed by atoms with E-state index in [-0.39, 0.29) is 0 Å². The summed E-state index contributed by atoms with van der Waals surface area (Å²) in [5.41, 5.74) is 3.95. The quantitative estimate of drug-likeness (QED) is 0.360. The van der Waals surface area contributed by atoms with Crippen molar-refractivity contribution in [1.29, 1.82) is 5.26 Å². The molecule has 4 heterocycles. The lowest BCUT2D eigenvalue weighted by molar-refractivity contribution is 0.997. The summed E-state index contributed by atoms with van der Waals surface area (Å²) in [6.45, 7) is 0. The largest absolute Gasteiger partial charge is 0.349 e. The highest BCUT2D eigenvalue weighted by molar-refractivity contribution is 7.13. The fourth-order valence-corrected chi connectivity index (χ4v) is 4.76. The number of fused-ring (bicyclic) bond motifs is 1. The zero-order valence-electron chi connectivity index (χ0n) is 15.3. The van der Waals surface area contributed by atoms with Gasteiger partial charge in [0.2, 0.25) is 0 Å². The summed E-state index contributed by atoms with van der Waals surface area (Å²) in [5, 5.41) is 17.3. The number of rotatable bonds is 5. The van der Waals surface area contributed by atoms with Gasteiger partial charge >= 0.3 is 0 Å². The highest BCUT2D eigenvalue weighted by atomic mass is 32.1. The van der Waals surface area contributed by atoms with Gasteiger partial charge in [-0.3, -0.25) is 4.40 Å². The predicted octanol–water partition coefficient (Wildman–Crippen LogP) is 6.47. The summed E-state index contributed by atoms with van der Waals surface area (Å²) in [7, 11) is 0. The van der Waals surface area contributed by atoms with Gasteiger partial charge in [-0.15, -0.1) is 22.7 Å². The molecule has 1 aromatic carbocycles. The number of pyridine rings is 1. The third-order valence-electron chi connectivity index (χ3n) is 4.72. The fraction of sp³-hybridized carbons (Fsp3) is 0.0435. The Kier molecular flexibility index (Phi) is 4.60. The lowest BCUT2D eigenvalue weighted by Crippen LogP contribution is -2.09. The van der Waals surface area contributed by atoms with Gasteiger partial charge in [0, 0.05) is 11.1 Å². The maximum atomic E-state index is 9.79. The second-order valence-corrected chi connectivity index (χ2v) is 8.45. The van der Waals surface area contributed by atoms with Crippen LogP contribution in [0, 0.1) is 11.3 Å². The van der Waals surface area contributed by atoms with Gasteiger partial charge in [-0.1, -0.05) is 42.5 Å². The number of benzene rings is 1. The Morgan fingerprint density at radius 3 is 2.45 bits per heavy atom. The van der Waals surface area contributed by atoms with Gasteiger partial charge in [0.15, 0.2) is 6.04 Å². The molecule has 0 aliphatic rings. The molecule has 0 saturated heterocycles. The molecule has 0 spiro atoms. The Morgan fingerprint density at radius 2 is 1.72 bits per heavy atom. The summed E-state index contributed by atoms with van der Waals surface area (Å²) in [6, 6.07) is 24.4. The number of nitriles is 1. The van der Waals surface area contributed by atoms with Crippen LogP contribution >= 0.6 is 22.7 Å². The smallest absolute Gasteiger partial charge is 0.150 e. The lowest BCUT2D eigenvalue weighted by atomic mass is 10.1. The van der Waals surface area contributed by atoms with E-state index >= 15 is 0 Å². The molecule has 0 radical (unpaired) electrons. The minimum atomic E-state index is -0.436. The third-order valence-corrected chi connectivity index (χ3v) is 6.53. The Bertz CT molecular complexity index is 1280. The second kappa shape index (κ2) is 7.55. The molecular weight excluding hydrogens is 396 g/mol. The number of thiophene rings is 2. The van der Waals surface area contributed by atoms with Gasteiger partial charge in [-0.2, -0.15) is 5.26 Å². The number of hydrogen-bond acceptors (Lipinski definition) is 5. The molecule has 0 bridgehead atoms. The van der Waals surface area contributed by atoms with Crippen molar-refractivity contribution >= 4 is 34.1 Å². The van der Waals surface area contributed by atoms with E-state index in [1.807, 2.05) is 53.2 Å². The molecule has 0 saturated carbocycles. The Labute approximate surface area is 176 Å². The van der Waals surface area contributed by atoms with Crippen molar-refractivity contribution in [1.82, 2.24) is 9.38 Å². The molecule has 0 aliphatic carbocycles. The van der Waals surface area contributed by atoms with Crippen molar-refractivity contribution in [2.45, 2.75) is 6.04 Å². The molecule has 0 fully saturated rings. The molecule has 4 nitrogen and oxygen atoms in total. The highest BCUT2D eigenvalue weighted by Crippen LogP contribution is 2.35. The second-order valence-electron chi connectivity index (χ2n) is 6.52. The molecule has 0 aliphatic heterocycles. The maximum Gasteiger partial charge on any atom is 0.150 e. The van der Waals surface area contributed by atoms with E-state index in [1.165, 1.54) is 0 Å². The van der Waals surface area contributed by atoms with Gasteiger partial charge in [-0.05, 0) is 46.2 Å². The molecule has 5 rings (SSSR count). The number of imidazole rings is 1. The first kappa shape index (κ1) is 17.7. The summed E-state index contributed by atoms with van der Waals surface area (Å²) in [5.74, 6) is 0.834. The van der Waals surface area contributed by atoms with Crippen LogP contribution < -0.4 is 5.32 Å². The number of aromatic nitrogens is 2. The number of hydrogen-bond donors (Lipinski definition) is 1.